The Morgan fingerprint density at radius 2 is 2.22 bits per heavy atom. The lowest BCUT2D eigenvalue weighted by molar-refractivity contribution is -0.121. The van der Waals surface area contributed by atoms with E-state index in [1.54, 1.807) is 12.1 Å². The lowest BCUT2D eigenvalue weighted by Gasteiger charge is -2.28. The molecule has 0 bridgehead atoms. The lowest BCUT2D eigenvalue weighted by Crippen LogP contribution is -2.54. The highest BCUT2D eigenvalue weighted by Crippen LogP contribution is 2.13. The number of hydrogen-bond acceptors (Lipinski definition) is 2. The fraction of sp³-hybridized carbons (Fsp3) is 0.385. The average molecular weight is 285 g/mol. The van der Waals surface area contributed by atoms with E-state index in [0.717, 1.165) is 5.56 Å². The predicted molar refractivity (Wildman–Crippen MR) is 78.8 cm³/mol. The highest BCUT2D eigenvalue weighted by atomic mass is 35.5. The molecule has 0 heterocycles. The highest BCUT2D eigenvalue weighted by molar-refractivity contribution is 7.80. The van der Waals surface area contributed by atoms with E-state index in [2.05, 4.69) is 5.32 Å². The largest absolute Gasteiger partial charge is 0.391 e. The van der Waals surface area contributed by atoms with Crippen molar-refractivity contribution in [1.29, 1.82) is 0 Å². The van der Waals surface area contributed by atoms with Crippen LogP contribution in [0.1, 0.15) is 25.8 Å². The van der Waals surface area contributed by atoms with Crippen LogP contribution in [0.5, 0.6) is 0 Å². The topological polar surface area (TPSA) is 55.1 Å². The molecule has 1 aromatic carbocycles. The third kappa shape index (κ3) is 3.96. The molecule has 18 heavy (non-hydrogen) atoms. The third-order valence-corrected chi connectivity index (χ3v) is 3.61. The molecule has 1 amide bonds. The van der Waals surface area contributed by atoms with Gasteiger partial charge in [-0.1, -0.05) is 42.9 Å². The minimum absolute atomic E-state index is 0.116. The summed E-state index contributed by atoms with van der Waals surface area (Å²) in [4.78, 5) is 12.2. The van der Waals surface area contributed by atoms with Crippen LogP contribution in [0.4, 0.5) is 0 Å². The minimum Gasteiger partial charge on any atom is -0.391 e. The van der Waals surface area contributed by atoms with E-state index < -0.39 is 5.54 Å². The Morgan fingerprint density at radius 3 is 2.72 bits per heavy atom. The predicted octanol–water partition coefficient (Wildman–Crippen LogP) is 2.45. The zero-order valence-electron chi connectivity index (χ0n) is 10.5. The van der Waals surface area contributed by atoms with Crippen LogP contribution in [0.15, 0.2) is 24.3 Å². The number of rotatable bonds is 5. The molecule has 0 spiro atoms. The van der Waals surface area contributed by atoms with Gasteiger partial charge in [0.15, 0.2) is 0 Å². The van der Waals surface area contributed by atoms with Crippen LogP contribution in [0.2, 0.25) is 5.02 Å². The summed E-state index contributed by atoms with van der Waals surface area (Å²) < 4.78 is 0. The molecule has 0 aromatic heterocycles. The van der Waals surface area contributed by atoms with Gasteiger partial charge >= 0.3 is 0 Å². The van der Waals surface area contributed by atoms with Crippen molar-refractivity contribution in [2.75, 3.05) is 0 Å². The van der Waals surface area contributed by atoms with Crippen molar-refractivity contribution in [2.45, 2.75) is 32.2 Å². The standard InChI is InChI=1S/C13H17ClN2OS/c1-3-13(2,12(15)18)16-11(17)8-9-5-4-6-10(14)7-9/h4-7H,3,8H2,1-2H3,(H2,15,18)(H,16,17). The molecule has 3 nitrogen and oxygen atoms in total. The van der Waals surface area contributed by atoms with Gasteiger partial charge in [0.1, 0.15) is 0 Å². The molecule has 5 heteroatoms. The number of benzene rings is 1. The number of carbonyl (C=O) groups is 1. The Kier molecular flexibility index (Phi) is 5.11. The van der Waals surface area contributed by atoms with Gasteiger partial charge in [0.2, 0.25) is 5.91 Å². The first-order valence-electron chi connectivity index (χ1n) is 5.73. The molecule has 0 aliphatic carbocycles. The minimum atomic E-state index is -0.634. The molecular formula is C13H17ClN2OS. The first-order chi connectivity index (χ1) is 8.37. The van der Waals surface area contributed by atoms with Crippen molar-refractivity contribution >= 4 is 34.7 Å². The number of carbonyl (C=O) groups excluding carboxylic acids is 1. The summed E-state index contributed by atoms with van der Waals surface area (Å²) in [6, 6.07) is 7.21. The van der Waals surface area contributed by atoms with Crippen LogP contribution < -0.4 is 11.1 Å². The van der Waals surface area contributed by atoms with Gasteiger partial charge in [-0.3, -0.25) is 4.79 Å². The Morgan fingerprint density at radius 1 is 1.56 bits per heavy atom. The van der Waals surface area contributed by atoms with Crippen molar-refractivity contribution in [3.05, 3.63) is 34.9 Å². The van der Waals surface area contributed by atoms with Crippen molar-refractivity contribution in [1.82, 2.24) is 5.32 Å². The van der Waals surface area contributed by atoms with Crippen molar-refractivity contribution in [2.24, 2.45) is 5.73 Å². The fourth-order valence-electron chi connectivity index (χ4n) is 1.51. The maximum atomic E-state index is 11.9. The molecule has 0 fully saturated rings. The maximum Gasteiger partial charge on any atom is 0.225 e. The number of halogens is 1. The fourth-order valence-corrected chi connectivity index (χ4v) is 1.92. The molecule has 0 saturated heterocycles. The van der Waals surface area contributed by atoms with Crippen LogP contribution >= 0.6 is 23.8 Å². The van der Waals surface area contributed by atoms with E-state index in [-0.39, 0.29) is 12.3 Å². The van der Waals surface area contributed by atoms with Crippen LogP contribution in [0, 0.1) is 0 Å². The van der Waals surface area contributed by atoms with Crippen LogP contribution in [-0.4, -0.2) is 16.4 Å². The van der Waals surface area contributed by atoms with Gasteiger partial charge in [0.25, 0.3) is 0 Å². The Bertz CT molecular complexity index is 464. The average Bonchev–Trinajstić information content (AvgIpc) is 2.28. The van der Waals surface area contributed by atoms with Gasteiger partial charge in [-0.15, -0.1) is 0 Å². The van der Waals surface area contributed by atoms with E-state index in [1.165, 1.54) is 0 Å². The Hall–Kier alpha value is -1.13. The van der Waals surface area contributed by atoms with Crippen molar-refractivity contribution in [3.8, 4) is 0 Å². The number of amides is 1. The molecule has 0 aliphatic rings. The zero-order valence-corrected chi connectivity index (χ0v) is 12.1. The molecular weight excluding hydrogens is 268 g/mol. The lowest BCUT2D eigenvalue weighted by atomic mass is 9.98. The summed E-state index contributed by atoms with van der Waals surface area (Å²) in [7, 11) is 0. The summed E-state index contributed by atoms with van der Waals surface area (Å²) in [6.45, 7) is 3.75. The summed E-state index contributed by atoms with van der Waals surface area (Å²) in [5, 5.41) is 3.48. The molecule has 1 atom stereocenters. The molecule has 3 N–H and O–H groups in total. The summed E-state index contributed by atoms with van der Waals surface area (Å²) >= 11 is 10.8. The number of nitrogens with one attached hydrogen (secondary N) is 1. The first-order valence-corrected chi connectivity index (χ1v) is 6.51. The molecule has 0 aliphatic heterocycles. The quantitative estimate of drug-likeness (QED) is 0.817. The second-order valence-corrected chi connectivity index (χ2v) is 5.28. The Balaban J connectivity index is 2.70. The van der Waals surface area contributed by atoms with Crippen molar-refractivity contribution < 1.29 is 4.79 Å². The number of nitrogens with two attached hydrogens (primary N) is 1. The Labute approximate surface area is 118 Å². The smallest absolute Gasteiger partial charge is 0.225 e. The SMILES string of the molecule is CCC(C)(NC(=O)Cc1cccc(Cl)c1)C(N)=S. The highest BCUT2D eigenvalue weighted by Gasteiger charge is 2.27. The van der Waals surface area contributed by atoms with E-state index in [1.807, 2.05) is 26.0 Å². The summed E-state index contributed by atoms with van der Waals surface area (Å²) in [6.07, 6.45) is 0.919. The van der Waals surface area contributed by atoms with Crippen LogP contribution in [-0.2, 0) is 11.2 Å². The van der Waals surface area contributed by atoms with Gasteiger partial charge < -0.3 is 11.1 Å². The van der Waals surface area contributed by atoms with Gasteiger partial charge in [-0.25, -0.2) is 0 Å². The normalized spacial score (nSPS) is 13.7. The first kappa shape index (κ1) is 14.9. The summed E-state index contributed by atoms with van der Waals surface area (Å²) in [5.41, 5.74) is 5.87. The molecule has 98 valence electrons. The molecule has 1 unspecified atom stereocenters. The summed E-state index contributed by atoms with van der Waals surface area (Å²) in [5.74, 6) is -0.116. The second-order valence-electron chi connectivity index (χ2n) is 4.40. The van der Waals surface area contributed by atoms with Gasteiger partial charge in [-0.05, 0) is 31.0 Å². The van der Waals surface area contributed by atoms with E-state index >= 15 is 0 Å². The second kappa shape index (κ2) is 6.16. The van der Waals surface area contributed by atoms with Crippen LogP contribution in [0.3, 0.4) is 0 Å². The molecule has 1 rings (SSSR count). The number of thiocarbonyl (C=S) groups is 1. The van der Waals surface area contributed by atoms with E-state index in [9.17, 15) is 4.79 Å². The monoisotopic (exact) mass is 284 g/mol. The molecule has 1 aromatic rings. The van der Waals surface area contributed by atoms with Crippen LogP contribution in [0.25, 0.3) is 0 Å². The van der Waals surface area contributed by atoms with E-state index in [4.69, 9.17) is 29.6 Å². The molecule has 0 radical (unpaired) electrons. The maximum absolute atomic E-state index is 11.9. The zero-order chi connectivity index (χ0) is 13.8. The van der Waals surface area contributed by atoms with Gasteiger partial charge in [-0.2, -0.15) is 0 Å². The van der Waals surface area contributed by atoms with Gasteiger partial charge in [0.05, 0.1) is 16.9 Å². The molecule has 0 saturated carbocycles. The van der Waals surface area contributed by atoms with Crippen molar-refractivity contribution in [3.63, 3.8) is 0 Å². The third-order valence-electron chi connectivity index (χ3n) is 2.92. The van der Waals surface area contributed by atoms with E-state index in [0.29, 0.717) is 16.4 Å². The number of hydrogen-bond donors (Lipinski definition) is 2. The van der Waals surface area contributed by atoms with Gasteiger partial charge in [0, 0.05) is 5.02 Å².